The summed E-state index contributed by atoms with van der Waals surface area (Å²) in [6.45, 7) is 6.30. The summed E-state index contributed by atoms with van der Waals surface area (Å²) in [6.07, 6.45) is 1.13. The number of ether oxygens (including phenoxy) is 2. The Balaban J connectivity index is 2.41. The summed E-state index contributed by atoms with van der Waals surface area (Å²) in [7, 11) is 1.65. The minimum absolute atomic E-state index is 0.158. The van der Waals surface area contributed by atoms with Crippen LogP contribution in [-0.4, -0.2) is 38.7 Å². The van der Waals surface area contributed by atoms with Gasteiger partial charge in [-0.3, -0.25) is 4.79 Å². The van der Waals surface area contributed by atoms with Gasteiger partial charge in [0.25, 0.3) is 0 Å². The predicted octanol–water partition coefficient (Wildman–Crippen LogP) is 2.09. The Morgan fingerprint density at radius 3 is 2.52 bits per heavy atom. The summed E-state index contributed by atoms with van der Waals surface area (Å²) >= 11 is 0. The zero-order valence-corrected chi connectivity index (χ0v) is 14.2. The van der Waals surface area contributed by atoms with Gasteiger partial charge in [-0.2, -0.15) is 0 Å². The molecule has 0 saturated heterocycles. The van der Waals surface area contributed by atoms with Gasteiger partial charge < -0.3 is 20.1 Å². The van der Waals surface area contributed by atoms with E-state index in [1.807, 2.05) is 38.1 Å². The van der Waals surface area contributed by atoms with Gasteiger partial charge in [0.2, 0.25) is 0 Å². The van der Waals surface area contributed by atoms with Crippen LogP contribution in [0.25, 0.3) is 0 Å². The van der Waals surface area contributed by atoms with Crippen LogP contribution >= 0.6 is 0 Å². The summed E-state index contributed by atoms with van der Waals surface area (Å²) in [5.74, 6) is 1.42. The maximum atomic E-state index is 11.3. The molecule has 0 unspecified atom stereocenters. The number of nitrogens with zero attached hydrogens (tertiary/aromatic N) is 1. The molecule has 1 aromatic rings. The Morgan fingerprint density at radius 1 is 1.17 bits per heavy atom. The highest BCUT2D eigenvalue weighted by atomic mass is 16.5. The van der Waals surface area contributed by atoms with Crippen LogP contribution < -0.4 is 15.4 Å². The number of rotatable bonds is 9. The molecule has 0 aliphatic heterocycles. The summed E-state index contributed by atoms with van der Waals surface area (Å²) in [5.41, 5.74) is 1.11. The number of carbonyl (C=O) groups excluding carboxylic acids is 1. The third-order valence-electron chi connectivity index (χ3n) is 3.08. The van der Waals surface area contributed by atoms with Gasteiger partial charge in [0.15, 0.2) is 5.96 Å². The van der Waals surface area contributed by atoms with E-state index in [-0.39, 0.29) is 5.97 Å². The average Bonchev–Trinajstić information content (AvgIpc) is 2.57. The van der Waals surface area contributed by atoms with E-state index in [2.05, 4.69) is 15.6 Å². The molecule has 6 heteroatoms. The van der Waals surface area contributed by atoms with E-state index < -0.39 is 0 Å². The van der Waals surface area contributed by atoms with Crippen LogP contribution in [0.5, 0.6) is 5.75 Å². The highest BCUT2D eigenvalue weighted by Crippen LogP contribution is 2.11. The normalized spacial score (nSPS) is 11.0. The molecule has 2 N–H and O–H groups in total. The standard InChI is InChI=1S/C17H27N3O3/c1-4-18-17(19-12-6-7-16(21)23-5-2)20-13-14-8-10-15(22-3)11-9-14/h8-11H,4-7,12-13H2,1-3H3,(H2,18,19,20). The third-order valence-corrected chi connectivity index (χ3v) is 3.08. The SMILES string of the molecule is CCNC(=NCc1ccc(OC)cc1)NCCCC(=O)OCC. The van der Waals surface area contributed by atoms with Gasteiger partial charge in [0, 0.05) is 19.5 Å². The van der Waals surface area contributed by atoms with Crippen molar-refractivity contribution in [2.75, 3.05) is 26.8 Å². The lowest BCUT2D eigenvalue weighted by atomic mass is 10.2. The van der Waals surface area contributed by atoms with Gasteiger partial charge in [-0.15, -0.1) is 0 Å². The largest absolute Gasteiger partial charge is 0.497 e. The van der Waals surface area contributed by atoms with Crippen LogP contribution in [-0.2, 0) is 16.1 Å². The number of aliphatic imine (C=N–C) groups is 1. The fourth-order valence-corrected chi connectivity index (χ4v) is 1.92. The summed E-state index contributed by atoms with van der Waals surface area (Å²) in [6, 6.07) is 7.83. The number of nitrogens with one attached hydrogen (secondary N) is 2. The lowest BCUT2D eigenvalue weighted by Crippen LogP contribution is -2.37. The van der Waals surface area contributed by atoms with Crippen molar-refractivity contribution in [2.45, 2.75) is 33.2 Å². The number of carbonyl (C=O) groups is 1. The Hall–Kier alpha value is -2.24. The smallest absolute Gasteiger partial charge is 0.305 e. The Kier molecular flexibility index (Phi) is 9.28. The zero-order valence-electron chi connectivity index (χ0n) is 14.2. The van der Waals surface area contributed by atoms with Crippen LogP contribution in [0, 0.1) is 0 Å². The van der Waals surface area contributed by atoms with Crippen molar-refractivity contribution in [1.29, 1.82) is 0 Å². The van der Waals surface area contributed by atoms with Gasteiger partial charge in [0.05, 0.1) is 20.3 Å². The first-order chi connectivity index (χ1) is 11.2. The van der Waals surface area contributed by atoms with E-state index >= 15 is 0 Å². The molecule has 128 valence electrons. The molecule has 0 fully saturated rings. The summed E-state index contributed by atoms with van der Waals surface area (Å²) < 4.78 is 10.0. The van der Waals surface area contributed by atoms with Crippen molar-refractivity contribution in [3.05, 3.63) is 29.8 Å². The number of guanidine groups is 1. The average molecular weight is 321 g/mol. The number of benzene rings is 1. The molecule has 0 atom stereocenters. The second-order valence-electron chi connectivity index (χ2n) is 4.88. The van der Waals surface area contributed by atoms with Crippen molar-refractivity contribution in [3.63, 3.8) is 0 Å². The van der Waals surface area contributed by atoms with E-state index in [1.54, 1.807) is 7.11 Å². The molecule has 23 heavy (non-hydrogen) atoms. The second-order valence-corrected chi connectivity index (χ2v) is 4.88. The van der Waals surface area contributed by atoms with E-state index in [0.717, 1.165) is 23.8 Å². The minimum Gasteiger partial charge on any atom is -0.497 e. The Bertz CT molecular complexity index is 486. The van der Waals surface area contributed by atoms with Gasteiger partial charge in [-0.1, -0.05) is 12.1 Å². The zero-order chi connectivity index (χ0) is 16.9. The maximum Gasteiger partial charge on any atom is 0.305 e. The molecule has 1 aromatic carbocycles. The second kappa shape index (κ2) is 11.3. The van der Waals surface area contributed by atoms with Gasteiger partial charge >= 0.3 is 5.97 Å². The van der Waals surface area contributed by atoms with E-state index in [0.29, 0.717) is 32.5 Å². The van der Waals surface area contributed by atoms with Crippen LogP contribution in [0.4, 0.5) is 0 Å². The Labute approximate surface area is 138 Å². The van der Waals surface area contributed by atoms with Crippen molar-refractivity contribution in [2.24, 2.45) is 4.99 Å². The molecular formula is C17H27N3O3. The van der Waals surface area contributed by atoms with E-state index in [9.17, 15) is 4.79 Å². The molecule has 1 rings (SSSR count). The third kappa shape index (κ3) is 8.09. The van der Waals surface area contributed by atoms with Crippen molar-refractivity contribution >= 4 is 11.9 Å². The maximum absolute atomic E-state index is 11.3. The fourth-order valence-electron chi connectivity index (χ4n) is 1.92. The fraction of sp³-hybridized carbons (Fsp3) is 0.529. The number of hydrogen-bond donors (Lipinski definition) is 2. The van der Waals surface area contributed by atoms with Gasteiger partial charge in [-0.05, 0) is 38.0 Å². The molecule has 0 aliphatic rings. The van der Waals surface area contributed by atoms with E-state index in [4.69, 9.17) is 9.47 Å². The summed E-state index contributed by atoms with van der Waals surface area (Å²) in [4.78, 5) is 15.8. The first-order valence-electron chi connectivity index (χ1n) is 8.00. The van der Waals surface area contributed by atoms with Crippen molar-refractivity contribution in [1.82, 2.24) is 10.6 Å². The van der Waals surface area contributed by atoms with Crippen LogP contribution in [0.2, 0.25) is 0 Å². The first-order valence-corrected chi connectivity index (χ1v) is 8.00. The molecule has 0 aliphatic carbocycles. The number of esters is 1. The quantitative estimate of drug-likeness (QED) is 0.315. The molecule has 0 aromatic heterocycles. The molecular weight excluding hydrogens is 294 g/mol. The molecule has 0 heterocycles. The van der Waals surface area contributed by atoms with Crippen LogP contribution in [0.3, 0.4) is 0 Å². The lowest BCUT2D eigenvalue weighted by Gasteiger charge is -2.11. The topological polar surface area (TPSA) is 72.0 Å². The molecule has 0 spiro atoms. The minimum atomic E-state index is -0.158. The summed E-state index contributed by atoms with van der Waals surface area (Å²) in [5, 5.41) is 6.40. The number of hydrogen-bond acceptors (Lipinski definition) is 4. The monoisotopic (exact) mass is 321 g/mol. The highest BCUT2D eigenvalue weighted by Gasteiger charge is 2.02. The van der Waals surface area contributed by atoms with E-state index in [1.165, 1.54) is 0 Å². The molecule has 0 bridgehead atoms. The molecule has 6 nitrogen and oxygen atoms in total. The molecule has 0 radical (unpaired) electrons. The highest BCUT2D eigenvalue weighted by molar-refractivity contribution is 5.79. The Morgan fingerprint density at radius 2 is 1.91 bits per heavy atom. The van der Waals surface area contributed by atoms with Crippen molar-refractivity contribution in [3.8, 4) is 5.75 Å². The lowest BCUT2D eigenvalue weighted by molar-refractivity contribution is -0.143. The van der Waals surface area contributed by atoms with Gasteiger partial charge in [0.1, 0.15) is 5.75 Å². The number of methoxy groups -OCH3 is 1. The van der Waals surface area contributed by atoms with Crippen LogP contribution in [0.1, 0.15) is 32.3 Å². The van der Waals surface area contributed by atoms with Crippen LogP contribution in [0.15, 0.2) is 29.3 Å². The van der Waals surface area contributed by atoms with Crippen molar-refractivity contribution < 1.29 is 14.3 Å². The van der Waals surface area contributed by atoms with Gasteiger partial charge in [-0.25, -0.2) is 4.99 Å². The first kappa shape index (κ1) is 18.8. The molecule has 0 amide bonds. The predicted molar refractivity (Wildman–Crippen MR) is 91.7 cm³/mol. The molecule has 0 saturated carbocycles.